The summed E-state index contributed by atoms with van der Waals surface area (Å²) >= 11 is 0. The zero-order chi connectivity index (χ0) is 21.0. The van der Waals surface area contributed by atoms with E-state index in [1.807, 2.05) is 30.5 Å². The molecule has 3 aromatic carbocycles. The van der Waals surface area contributed by atoms with E-state index in [0.717, 1.165) is 27.8 Å². The van der Waals surface area contributed by atoms with Gasteiger partial charge in [0.2, 0.25) is 0 Å². The number of benzene rings is 3. The molecule has 1 aromatic heterocycles. The first-order valence-corrected chi connectivity index (χ1v) is 10.7. The fourth-order valence-electron chi connectivity index (χ4n) is 5.56. The molecule has 31 heavy (non-hydrogen) atoms. The number of aromatic amines is 1. The van der Waals surface area contributed by atoms with Crippen molar-refractivity contribution in [2.45, 2.75) is 24.4 Å². The Morgan fingerprint density at radius 1 is 1.10 bits per heavy atom. The Bertz CT molecular complexity index is 1310. The van der Waals surface area contributed by atoms with E-state index in [1.54, 1.807) is 0 Å². The van der Waals surface area contributed by atoms with Gasteiger partial charge in [-0.1, -0.05) is 48.5 Å². The molecule has 0 unspecified atom stereocenters. The van der Waals surface area contributed by atoms with Gasteiger partial charge in [-0.15, -0.1) is 0 Å². The Morgan fingerprint density at radius 2 is 1.90 bits per heavy atom. The minimum Gasteiger partial charge on any atom is -0.493 e. The number of rotatable bonds is 3. The smallest absolute Gasteiger partial charge is 0.326 e. The lowest BCUT2D eigenvalue weighted by Gasteiger charge is -2.30. The summed E-state index contributed by atoms with van der Waals surface area (Å²) in [5.41, 5.74) is 2.55. The summed E-state index contributed by atoms with van der Waals surface area (Å²) in [5.74, 6) is 0.886. The maximum Gasteiger partial charge on any atom is 0.326 e. The third kappa shape index (κ3) is 2.77. The number of esters is 1. The summed E-state index contributed by atoms with van der Waals surface area (Å²) < 4.78 is 11.5. The average Bonchev–Trinajstić information content (AvgIpc) is 3.40. The molecule has 156 valence electrons. The van der Waals surface area contributed by atoms with Crippen LogP contribution in [-0.2, 0) is 16.0 Å². The molecule has 2 aliphatic rings. The van der Waals surface area contributed by atoms with Crippen LogP contribution in [0.2, 0.25) is 0 Å². The van der Waals surface area contributed by atoms with Crippen LogP contribution in [0.25, 0.3) is 21.7 Å². The van der Waals surface area contributed by atoms with Crippen molar-refractivity contribution in [1.82, 2.24) is 10.3 Å². The van der Waals surface area contributed by atoms with Crippen LogP contribution >= 0.6 is 0 Å². The molecule has 1 saturated heterocycles. The molecule has 0 aliphatic carbocycles. The van der Waals surface area contributed by atoms with Crippen LogP contribution in [0, 0.1) is 5.92 Å². The molecule has 0 radical (unpaired) electrons. The molecule has 1 fully saturated rings. The molecule has 4 aromatic rings. The number of aromatic nitrogens is 1. The summed E-state index contributed by atoms with van der Waals surface area (Å²) in [6.07, 6.45) is 3.25. The van der Waals surface area contributed by atoms with Gasteiger partial charge in [-0.25, -0.2) is 0 Å². The lowest BCUT2D eigenvalue weighted by atomic mass is 9.84. The molecule has 2 N–H and O–H groups in total. The number of para-hydroxylation sites is 1. The predicted octanol–water partition coefficient (Wildman–Crippen LogP) is 4.52. The number of methoxy groups -OCH3 is 1. The van der Waals surface area contributed by atoms with Crippen molar-refractivity contribution in [2.75, 3.05) is 13.7 Å². The average molecular weight is 412 g/mol. The zero-order valence-corrected chi connectivity index (χ0v) is 17.4. The number of ether oxygens (including phenoxy) is 2. The fourth-order valence-corrected chi connectivity index (χ4v) is 5.56. The number of carbonyl (C=O) groups is 1. The predicted molar refractivity (Wildman–Crippen MR) is 120 cm³/mol. The van der Waals surface area contributed by atoms with Crippen molar-refractivity contribution < 1.29 is 14.3 Å². The summed E-state index contributed by atoms with van der Waals surface area (Å²) in [6.45, 7) is 0.593. The third-order valence-corrected chi connectivity index (χ3v) is 6.95. The maximum absolute atomic E-state index is 13.2. The van der Waals surface area contributed by atoms with Crippen molar-refractivity contribution in [1.29, 1.82) is 0 Å². The summed E-state index contributed by atoms with van der Waals surface area (Å²) in [6, 6.07) is 20.8. The van der Waals surface area contributed by atoms with E-state index in [0.29, 0.717) is 19.4 Å². The van der Waals surface area contributed by atoms with E-state index in [9.17, 15) is 4.79 Å². The van der Waals surface area contributed by atoms with E-state index in [4.69, 9.17) is 9.47 Å². The van der Waals surface area contributed by atoms with E-state index in [2.05, 4.69) is 46.7 Å². The van der Waals surface area contributed by atoms with Crippen LogP contribution in [0.3, 0.4) is 0 Å². The standard InChI is InChI=1S/C26H24N2O3/c1-30-25(29)26(12-17-14-27-21-9-5-4-7-19(17)21)13-18-15-31-22-11-10-16-6-2-3-8-20(16)23(22)24(18)28-26/h2-11,14,18,24,27-28H,12-13,15H2,1H3/t18-,24-,26+/m0/s1. The monoisotopic (exact) mass is 412 g/mol. The quantitative estimate of drug-likeness (QED) is 0.486. The fraction of sp³-hybridized carbons (Fsp3) is 0.269. The molecule has 0 bridgehead atoms. The van der Waals surface area contributed by atoms with Gasteiger partial charge in [-0.3, -0.25) is 10.1 Å². The number of hydrogen-bond donors (Lipinski definition) is 2. The Labute approximate surface area is 180 Å². The van der Waals surface area contributed by atoms with Gasteiger partial charge >= 0.3 is 5.97 Å². The molecule has 3 heterocycles. The van der Waals surface area contributed by atoms with Crippen LogP contribution in [0.5, 0.6) is 5.75 Å². The minimum absolute atomic E-state index is 0.0409. The number of nitrogens with one attached hydrogen (secondary N) is 2. The second-order valence-corrected chi connectivity index (χ2v) is 8.71. The summed E-state index contributed by atoms with van der Waals surface area (Å²) in [4.78, 5) is 16.5. The Kier molecular flexibility index (Phi) is 4.08. The van der Waals surface area contributed by atoms with Crippen molar-refractivity contribution in [3.63, 3.8) is 0 Å². The van der Waals surface area contributed by atoms with Gasteiger partial charge in [0.1, 0.15) is 11.3 Å². The van der Waals surface area contributed by atoms with Crippen LogP contribution in [0.4, 0.5) is 0 Å². The lowest BCUT2D eigenvalue weighted by molar-refractivity contribution is -0.148. The number of carbonyl (C=O) groups excluding carboxylic acids is 1. The van der Waals surface area contributed by atoms with Crippen molar-refractivity contribution >= 4 is 27.6 Å². The topological polar surface area (TPSA) is 63.4 Å². The molecule has 3 atom stereocenters. The largest absolute Gasteiger partial charge is 0.493 e. The SMILES string of the molecule is COC(=O)[C@@]1(Cc2c[nH]c3ccccc23)C[C@H]2COc3ccc4ccccc4c3[C@H]2N1. The van der Waals surface area contributed by atoms with Gasteiger partial charge < -0.3 is 14.5 Å². The zero-order valence-electron chi connectivity index (χ0n) is 17.4. The second-order valence-electron chi connectivity index (χ2n) is 8.71. The van der Waals surface area contributed by atoms with E-state index in [-0.39, 0.29) is 17.9 Å². The lowest BCUT2D eigenvalue weighted by Crippen LogP contribution is -2.50. The van der Waals surface area contributed by atoms with Gasteiger partial charge in [0.05, 0.1) is 13.7 Å². The summed E-state index contributed by atoms with van der Waals surface area (Å²) in [5, 5.41) is 7.24. The highest BCUT2D eigenvalue weighted by Gasteiger charge is 2.53. The van der Waals surface area contributed by atoms with Crippen molar-refractivity contribution in [2.24, 2.45) is 5.92 Å². The number of fused-ring (bicyclic) bond motifs is 6. The maximum atomic E-state index is 13.2. The molecule has 0 amide bonds. The van der Waals surface area contributed by atoms with Gasteiger partial charge in [-0.2, -0.15) is 0 Å². The minimum atomic E-state index is -0.795. The van der Waals surface area contributed by atoms with Crippen LogP contribution in [-0.4, -0.2) is 30.2 Å². The van der Waals surface area contributed by atoms with E-state index >= 15 is 0 Å². The van der Waals surface area contributed by atoms with Crippen LogP contribution in [0.1, 0.15) is 23.6 Å². The Hall–Kier alpha value is -3.31. The van der Waals surface area contributed by atoms with Gasteiger partial charge in [0.15, 0.2) is 0 Å². The molecular formula is C26H24N2O3. The van der Waals surface area contributed by atoms with Gasteiger partial charge in [0, 0.05) is 41.0 Å². The number of H-pyrrole nitrogens is 1. The highest BCUT2D eigenvalue weighted by Crippen LogP contribution is 2.48. The molecule has 6 rings (SSSR count). The van der Waals surface area contributed by atoms with Crippen molar-refractivity contribution in [3.05, 3.63) is 78.0 Å². The first kappa shape index (κ1) is 18.5. The van der Waals surface area contributed by atoms with Crippen LogP contribution < -0.4 is 10.1 Å². The molecular weight excluding hydrogens is 388 g/mol. The van der Waals surface area contributed by atoms with Gasteiger partial charge in [-0.05, 0) is 34.9 Å². The Balaban J connectivity index is 1.45. The normalized spacial score (nSPS) is 24.5. The molecule has 0 saturated carbocycles. The molecule has 0 spiro atoms. The highest BCUT2D eigenvalue weighted by atomic mass is 16.5. The van der Waals surface area contributed by atoms with Crippen molar-refractivity contribution in [3.8, 4) is 5.75 Å². The second kappa shape index (κ2) is 6.86. The molecule has 5 nitrogen and oxygen atoms in total. The van der Waals surface area contributed by atoms with E-state index < -0.39 is 5.54 Å². The first-order valence-electron chi connectivity index (χ1n) is 10.7. The molecule has 5 heteroatoms. The third-order valence-electron chi connectivity index (χ3n) is 6.95. The summed E-state index contributed by atoms with van der Waals surface area (Å²) in [7, 11) is 1.48. The Morgan fingerprint density at radius 3 is 2.77 bits per heavy atom. The molecule has 2 aliphatic heterocycles. The first-order chi connectivity index (χ1) is 15.2. The van der Waals surface area contributed by atoms with Crippen LogP contribution in [0.15, 0.2) is 66.9 Å². The number of hydrogen-bond acceptors (Lipinski definition) is 4. The van der Waals surface area contributed by atoms with E-state index in [1.165, 1.54) is 17.9 Å². The highest BCUT2D eigenvalue weighted by molar-refractivity contribution is 5.90. The van der Waals surface area contributed by atoms with Gasteiger partial charge in [0.25, 0.3) is 0 Å².